The Morgan fingerprint density at radius 1 is 0.968 bits per heavy atom. The number of para-hydroxylation sites is 1. The molecule has 7 nitrogen and oxygen atoms in total. The van der Waals surface area contributed by atoms with Crippen LogP contribution in [0.3, 0.4) is 0 Å². The number of rotatable bonds is 5. The summed E-state index contributed by atoms with van der Waals surface area (Å²) in [6.45, 7) is 2.30. The summed E-state index contributed by atoms with van der Waals surface area (Å²) in [5.41, 5.74) is 1.64. The van der Waals surface area contributed by atoms with Gasteiger partial charge in [-0.2, -0.15) is 0 Å². The highest BCUT2D eigenvalue weighted by molar-refractivity contribution is 7.23. The van der Waals surface area contributed by atoms with Crippen LogP contribution in [0.4, 0.5) is 5.13 Å². The molecule has 4 aromatic rings. The lowest BCUT2D eigenvalue weighted by atomic mass is 10.3. The number of fused-ring (bicyclic) bond motifs is 3. The largest absolute Gasteiger partial charge is 0.486 e. The van der Waals surface area contributed by atoms with Crippen molar-refractivity contribution >= 4 is 66.6 Å². The second-order valence-corrected chi connectivity index (χ2v) is 9.25. The molecule has 2 aromatic heterocycles. The number of likely N-dealkylation sites (N-methyl/N-ethyl adjacent to an activating group) is 1. The van der Waals surface area contributed by atoms with Gasteiger partial charge in [-0.05, 0) is 26.2 Å². The molecule has 2 aromatic carbocycles. The average molecular weight is 477 g/mol. The first-order chi connectivity index (χ1) is 14.6. The van der Waals surface area contributed by atoms with E-state index >= 15 is 0 Å². The van der Waals surface area contributed by atoms with Crippen molar-refractivity contribution in [2.24, 2.45) is 0 Å². The summed E-state index contributed by atoms with van der Waals surface area (Å²) in [6, 6.07) is 11.6. The van der Waals surface area contributed by atoms with Gasteiger partial charge in [-0.3, -0.25) is 9.69 Å². The number of halogens is 1. The first-order valence-corrected chi connectivity index (χ1v) is 11.2. The Labute approximate surface area is 193 Å². The monoisotopic (exact) mass is 476 g/mol. The van der Waals surface area contributed by atoms with Gasteiger partial charge in [0.2, 0.25) is 0 Å². The highest BCUT2D eigenvalue weighted by Crippen LogP contribution is 2.39. The van der Waals surface area contributed by atoms with Crippen molar-refractivity contribution in [1.82, 2.24) is 14.9 Å². The molecule has 0 radical (unpaired) electrons. The number of nitrogens with zero attached hydrogens (tertiary/aromatic N) is 4. The zero-order valence-electron chi connectivity index (χ0n) is 17.0. The molecule has 0 bridgehead atoms. The zero-order valence-corrected chi connectivity index (χ0v) is 19.5. The zero-order chi connectivity index (χ0) is 20.7. The number of hydrogen-bond acceptors (Lipinski definition) is 8. The lowest BCUT2D eigenvalue weighted by Crippen LogP contribution is -2.36. The number of ether oxygens (including phenoxy) is 2. The number of anilines is 1. The Morgan fingerprint density at radius 2 is 1.71 bits per heavy atom. The van der Waals surface area contributed by atoms with Crippen molar-refractivity contribution < 1.29 is 14.3 Å². The fourth-order valence-electron chi connectivity index (χ4n) is 3.23. The van der Waals surface area contributed by atoms with E-state index in [1.54, 1.807) is 4.90 Å². The lowest BCUT2D eigenvalue weighted by Gasteiger charge is -2.20. The Morgan fingerprint density at radius 3 is 2.45 bits per heavy atom. The minimum Gasteiger partial charge on any atom is -0.486 e. The van der Waals surface area contributed by atoms with Crippen molar-refractivity contribution in [2.75, 3.05) is 45.3 Å². The normalized spacial score (nSPS) is 12.9. The van der Waals surface area contributed by atoms with Gasteiger partial charge in [0.05, 0.1) is 20.4 Å². The summed E-state index contributed by atoms with van der Waals surface area (Å²) in [7, 11) is 3.98. The van der Waals surface area contributed by atoms with E-state index in [0.29, 0.717) is 35.6 Å². The van der Waals surface area contributed by atoms with E-state index in [4.69, 9.17) is 14.5 Å². The molecule has 0 fully saturated rings. The molecule has 0 unspecified atom stereocenters. The van der Waals surface area contributed by atoms with Crippen molar-refractivity contribution in [3.63, 3.8) is 0 Å². The second kappa shape index (κ2) is 8.96. The van der Waals surface area contributed by atoms with Crippen molar-refractivity contribution in [3.8, 4) is 11.5 Å². The van der Waals surface area contributed by atoms with Crippen LogP contribution in [0.2, 0.25) is 0 Å². The quantitative estimate of drug-likeness (QED) is 0.427. The molecular weight excluding hydrogens is 456 g/mol. The Bertz CT molecular complexity index is 1160. The summed E-state index contributed by atoms with van der Waals surface area (Å²) in [5.74, 6) is 1.29. The highest BCUT2D eigenvalue weighted by Gasteiger charge is 2.25. The number of carbonyl (C=O) groups excluding carboxylic acids is 1. The molecule has 31 heavy (non-hydrogen) atoms. The van der Waals surface area contributed by atoms with Gasteiger partial charge in [-0.15, -0.1) is 23.7 Å². The minimum atomic E-state index is -0.130. The van der Waals surface area contributed by atoms with E-state index in [9.17, 15) is 4.79 Å². The SMILES string of the molecule is CN(C)CCN(C(=O)c1nc2ccccc2s1)c1nc2cc3c(cc2s1)OCCO3.Cl. The Hall–Kier alpha value is -2.46. The minimum absolute atomic E-state index is 0. The summed E-state index contributed by atoms with van der Waals surface area (Å²) < 4.78 is 13.3. The van der Waals surface area contributed by atoms with E-state index in [1.165, 1.54) is 22.7 Å². The molecule has 162 valence electrons. The molecule has 0 aliphatic carbocycles. The van der Waals surface area contributed by atoms with E-state index in [1.807, 2.05) is 55.4 Å². The number of amides is 1. The van der Waals surface area contributed by atoms with Crippen LogP contribution in [0.1, 0.15) is 9.80 Å². The number of carbonyl (C=O) groups is 1. The molecule has 1 aliphatic rings. The summed E-state index contributed by atoms with van der Waals surface area (Å²) in [4.78, 5) is 26.5. The predicted molar refractivity (Wildman–Crippen MR) is 128 cm³/mol. The average Bonchev–Trinajstić information content (AvgIpc) is 3.35. The lowest BCUT2D eigenvalue weighted by molar-refractivity contribution is 0.0985. The highest BCUT2D eigenvalue weighted by atomic mass is 35.5. The Balaban J connectivity index is 0.00000231. The van der Waals surface area contributed by atoms with Gasteiger partial charge < -0.3 is 14.4 Å². The van der Waals surface area contributed by atoms with Gasteiger partial charge in [-0.25, -0.2) is 9.97 Å². The summed E-state index contributed by atoms with van der Waals surface area (Å²) in [6.07, 6.45) is 0. The predicted octanol–water partition coefficient (Wildman–Crippen LogP) is 4.31. The van der Waals surface area contributed by atoms with Gasteiger partial charge in [0.1, 0.15) is 13.2 Å². The molecule has 1 aliphatic heterocycles. The molecule has 1 amide bonds. The van der Waals surface area contributed by atoms with E-state index < -0.39 is 0 Å². The number of thiazole rings is 2. The van der Waals surface area contributed by atoms with Crippen LogP contribution < -0.4 is 14.4 Å². The van der Waals surface area contributed by atoms with Gasteiger partial charge in [0.25, 0.3) is 5.91 Å². The number of hydrogen-bond donors (Lipinski definition) is 0. The van der Waals surface area contributed by atoms with Crippen LogP contribution in [0.15, 0.2) is 36.4 Å². The molecule has 3 heterocycles. The molecule has 5 rings (SSSR count). The first-order valence-electron chi connectivity index (χ1n) is 9.61. The maximum Gasteiger partial charge on any atom is 0.289 e. The smallest absolute Gasteiger partial charge is 0.289 e. The van der Waals surface area contributed by atoms with Crippen LogP contribution in [-0.4, -0.2) is 61.2 Å². The van der Waals surface area contributed by atoms with Gasteiger partial charge in [0, 0.05) is 25.2 Å². The molecular formula is C21H21ClN4O3S2. The third-order valence-electron chi connectivity index (χ3n) is 4.76. The molecule has 0 saturated heterocycles. The fraction of sp³-hybridized carbons (Fsp3) is 0.286. The van der Waals surface area contributed by atoms with E-state index in [-0.39, 0.29) is 18.3 Å². The maximum atomic E-state index is 13.4. The standard InChI is InChI=1S/C21H20N4O3S2.ClH/c1-24(2)7-8-25(20(26)19-22-13-5-3-4-6-17(13)29-19)21-23-14-11-15-16(12-18(14)30-21)28-10-9-27-15;/h3-6,11-12H,7-10H2,1-2H3;1H. The molecule has 0 atom stereocenters. The van der Waals surface area contributed by atoms with Crippen LogP contribution in [-0.2, 0) is 0 Å². The third-order valence-corrected chi connectivity index (χ3v) is 6.83. The Kier molecular flexibility index (Phi) is 6.29. The van der Waals surface area contributed by atoms with Crippen LogP contribution in [0, 0.1) is 0 Å². The van der Waals surface area contributed by atoms with Gasteiger partial charge >= 0.3 is 0 Å². The van der Waals surface area contributed by atoms with E-state index in [0.717, 1.165) is 32.7 Å². The van der Waals surface area contributed by atoms with E-state index in [2.05, 4.69) is 4.98 Å². The second-order valence-electron chi connectivity index (χ2n) is 7.21. The van der Waals surface area contributed by atoms with Crippen molar-refractivity contribution in [2.45, 2.75) is 0 Å². The number of benzene rings is 2. The molecule has 0 saturated carbocycles. The summed E-state index contributed by atoms with van der Waals surface area (Å²) in [5, 5.41) is 1.12. The topological polar surface area (TPSA) is 67.8 Å². The van der Waals surface area contributed by atoms with Gasteiger partial charge in [-0.1, -0.05) is 23.5 Å². The molecule has 10 heteroatoms. The van der Waals surface area contributed by atoms with Crippen LogP contribution in [0.25, 0.3) is 20.4 Å². The van der Waals surface area contributed by atoms with Gasteiger partial charge in [0.15, 0.2) is 21.6 Å². The van der Waals surface area contributed by atoms with Crippen molar-refractivity contribution in [3.05, 3.63) is 41.4 Å². The summed E-state index contributed by atoms with van der Waals surface area (Å²) >= 11 is 2.89. The van der Waals surface area contributed by atoms with Crippen LogP contribution >= 0.6 is 35.1 Å². The third kappa shape index (κ3) is 4.31. The van der Waals surface area contributed by atoms with Crippen LogP contribution in [0.5, 0.6) is 11.5 Å². The molecule has 0 spiro atoms. The van der Waals surface area contributed by atoms with Crippen molar-refractivity contribution in [1.29, 1.82) is 0 Å². The molecule has 0 N–H and O–H groups in total. The maximum absolute atomic E-state index is 13.4. The number of aromatic nitrogens is 2. The first kappa shape index (κ1) is 21.8. The fourth-order valence-corrected chi connectivity index (χ4v) is 5.15.